The molecule has 0 saturated carbocycles. The number of hydrogen-bond acceptors (Lipinski definition) is 4. The van der Waals surface area contributed by atoms with Crippen molar-refractivity contribution in [3.05, 3.63) is 51.8 Å². The Morgan fingerprint density at radius 2 is 2.29 bits per heavy atom. The van der Waals surface area contributed by atoms with Gasteiger partial charge in [0.2, 0.25) is 0 Å². The normalized spacial score (nSPS) is 10.5. The van der Waals surface area contributed by atoms with Crippen molar-refractivity contribution in [2.45, 2.75) is 13.5 Å². The fourth-order valence-electron chi connectivity index (χ4n) is 1.55. The summed E-state index contributed by atoms with van der Waals surface area (Å²) in [6.45, 7) is 1.64. The van der Waals surface area contributed by atoms with Crippen molar-refractivity contribution in [1.29, 1.82) is 0 Å². The average Bonchev–Trinajstić information content (AvgIpc) is 2.75. The highest BCUT2D eigenvalue weighted by molar-refractivity contribution is 5.53. The van der Waals surface area contributed by atoms with Crippen molar-refractivity contribution in [3.8, 4) is 5.69 Å². The Kier molecular flexibility index (Phi) is 2.88. The molecule has 0 aliphatic rings. The first kappa shape index (κ1) is 11.3. The van der Waals surface area contributed by atoms with Crippen LogP contribution in [-0.2, 0) is 6.61 Å². The highest BCUT2D eigenvalue weighted by Gasteiger charge is 2.16. The van der Waals surface area contributed by atoms with Gasteiger partial charge in [0.25, 0.3) is 5.69 Å². The van der Waals surface area contributed by atoms with Gasteiger partial charge in [0.15, 0.2) is 0 Å². The minimum Gasteiger partial charge on any atom is -0.392 e. The summed E-state index contributed by atoms with van der Waals surface area (Å²) in [5.41, 5.74) is 1.75. The molecule has 0 aliphatic carbocycles. The maximum absolute atomic E-state index is 11.0. The van der Waals surface area contributed by atoms with Gasteiger partial charge in [-0.1, -0.05) is 6.07 Å². The molecule has 0 fully saturated rings. The van der Waals surface area contributed by atoms with E-state index < -0.39 is 4.92 Å². The maximum Gasteiger partial charge on any atom is 0.295 e. The number of nitro groups is 1. The number of aliphatic hydroxyl groups is 1. The number of rotatable bonds is 3. The Balaban J connectivity index is 2.57. The summed E-state index contributed by atoms with van der Waals surface area (Å²) in [5, 5.41) is 24.0. The highest BCUT2D eigenvalue weighted by Crippen LogP contribution is 2.24. The number of aliphatic hydroxyl groups excluding tert-OH is 1. The largest absolute Gasteiger partial charge is 0.392 e. The molecule has 0 bridgehead atoms. The standard InChI is InChI=1S/C11H11N3O3/c1-8-5-12-13(6-8)10-3-2-9(7-15)4-11(10)14(16)17/h2-6,15H,7H2,1H3. The molecule has 0 unspecified atom stereocenters. The van der Waals surface area contributed by atoms with Gasteiger partial charge in [-0.25, -0.2) is 4.68 Å². The monoisotopic (exact) mass is 233 g/mol. The molecule has 0 spiro atoms. The Hall–Kier alpha value is -2.21. The first-order valence-corrected chi connectivity index (χ1v) is 5.01. The Bertz CT molecular complexity index is 563. The summed E-state index contributed by atoms with van der Waals surface area (Å²) in [7, 11) is 0. The molecule has 1 aromatic heterocycles. The molecule has 17 heavy (non-hydrogen) atoms. The predicted molar refractivity (Wildman–Crippen MR) is 60.9 cm³/mol. The SMILES string of the molecule is Cc1cnn(-c2ccc(CO)cc2[N+](=O)[O-])c1. The van der Waals surface area contributed by atoms with Crippen LogP contribution in [0.5, 0.6) is 0 Å². The second-order valence-electron chi connectivity index (χ2n) is 3.70. The molecule has 2 aromatic rings. The van der Waals surface area contributed by atoms with Crippen LogP contribution in [0.25, 0.3) is 5.69 Å². The van der Waals surface area contributed by atoms with Crippen LogP contribution in [0.1, 0.15) is 11.1 Å². The van der Waals surface area contributed by atoms with Crippen LogP contribution in [-0.4, -0.2) is 19.8 Å². The number of nitro benzene ring substituents is 1. The van der Waals surface area contributed by atoms with Crippen molar-refractivity contribution < 1.29 is 10.0 Å². The van der Waals surface area contributed by atoms with Crippen LogP contribution in [0, 0.1) is 17.0 Å². The fourth-order valence-corrected chi connectivity index (χ4v) is 1.55. The van der Waals surface area contributed by atoms with E-state index in [1.807, 2.05) is 6.92 Å². The summed E-state index contributed by atoms with van der Waals surface area (Å²) in [6.07, 6.45) is 3.34. The van der Waals surface area contributed by atoms with E-state index >= 15 is 0 Å². The molecule has 1 aromatic carbocycles. The lowest BCUT2D eigenvalue weighted by atomic mass is 10.2. The van der Waals surface area contributed by atoms with Gasteiger partial charge in [-0.3, -0.25) is 10.1 Å². The Morgan fingerprint density at radius 1 is 1.53 bits per heavy atom. The third kappa shape index (κ3) is 2.16. The minimum atomic E-state index is -0.481. The molecule has 0 radical (unpaired) electrons. The lowest BCUT2D eigenvalue weighted by Crippen LogP contribution is -2.01. The van der Waals surface area contributed by atoms with E-state index in [4.69, 9.17) is 5.11 Å². The molecular weight excluding hydrogens is 222 g/mol. The highest BCUT2D eigenvalue weighted by atomic mass is 16.6. The van der Waals surface area contributed by atoms with Crippen molar-refractivity contribution in [2.75, 3.05) is 0 Å². The average molecular weight is 233 g/mol. The van der Waals surface area contributed by atoms with Crippen LogP contribution in [0.2, 0.25) is 0 Å². The van der Waals surface area contributed by atoms with Gasteiger partial charge >= 0.3 is 0 Å². The molecule has 0 aliphatic heterocycles. The third-order valence-corrected chi connectivity index (χ3v) is 2.38. The fraction of sp³-hybridized carbons (Fsp3) is 0.182. The van der Waals surface area contributed by atoms with E-state index in [0.29, 0.717) is 11.3 Å². The molecule has 2 rings (SSSR count). The topological polar surface area (TPSA) is 81.2 Å². The maximum atomic E-state index is 11.0. The molecule has 1 heterocycles. The molecule has 88 valence electrons. The van der Waals surface area contributed by atoms with Gasteiger partial charge in [-0.15, -0.1) is 0 Å². The van der Waals surface area contributed by atoms with Gasteiger partial charge in [-0.2, -0.15) is 5.10 Å². The van der Waals surface area contributed by atoms with Gasteiger partial charge in [0.1, 0.15) is 5.69 Å². The summed E-state index contributed by atoms with van der Waals surface area (Å²) in [4.78, 5) is 10.5. The number of aryl methyl sites for hydroxylation is 1. The lowest BCUT2D eigenvalue weighted by molar-refractivity contribution is -0.384. The lowest BCUT2D eigenvalue weighted by Gasteiger charge is -2.04. The van der Waals surface area contributed by atoms with E-state index in [0.717, 1.165) is 5.56 Å². The summed E-state index contributed by atoms with van der Waals surface area (Å²) >= 11 is 0. The van der Waals surface area contributed by atoms with Crippen molar-refractivity contribution >= 4 is 5.69 Å². The van der Waals surface area contributed by atoms with Crippen LogP contribution in [0.15, 0.2) is 30.6 Å². The zero-order chi connectivity index (χ0) is 12.4. The van der Waals surface area contributed by atoms with Crippen molar-refractivity contribution in [2.24, 2.45) is 0 Å². The summed E-state index contributed by atoms with van der Waals surface area (Å²) in [5.74, 6) is 0. The Morgan fingerprint density at radius 3 is 2.82 bits per heavy atom. The zero-order valence-electron chi connectivity index (χ0n) is 9.20. The van der Waals surface area contributed by atoms with Crippen LogP contribution < -0.4 is 0 Å². The number of hydrogen-bond donors (Lipinski definition) is 1. The molecule has 6 nitrogen and oxygen atoms in total. The first-order valence-electron chi connectivity index (χ1n) is 5.01. The summed E-state index contributed by atoms with van der Waals surface area (Å²) < 4.78 is 1.45. The number of benzene rings is 1. The molecule has 0 atom stereocenters. The zero-order valence-corrected chi connectivity index (χ0v) is 9.20. The molecule has 6 heteroatoms. The molecule has 0 saturated heterocycles. The van der Waals surface area contributed by atoms with Gasteiger partial charge in [0, 0.05) is 12.3 Å². The second kappa shape index (κ2) is 4.34. The van der Waals surface area contributed by atoms with Crippen molar-refractivity contribution in [3.63, 3.8) is 0 Å². The number of nitrogens with zero attached hydrogens (tertiary/aromatic N) is 3. The smallest absolute Gasteiger partial charge is 0.295 e. The van der Waals surface area contributed by atoms with E-state index in [1.54, 1.807) is 24.5 Å². The van der Waals surface area contributed by atoms with Gasteiger partial charge < -0.3 is 5.11 Å². The van der Waals surface area contributed by atoms with E-state index in [-0.39, 0.29) is 12.3 Å². The second-order valence-corrected chi connectivity index (χ2v) is 3.70. The Labute approximate surface area is 97.3 Å². The van der Waals surface area contributed by atoms with E-state index in [2.05, 4.69) is 5.10 Å². The quantitative estimate of drug-likeness (QED) is 0.644. The van der Waals surface area contributed by atoms with Crippen molar-refractivity contribution in [1.82, 2.24) is 9.78 Å². The first-order chi connectivity index (χ1) is 8.11. The van der Waals surface area contributed by atoms with E-state index in [1.165, 1.54) is 10.7 Å². The van der Waals surface area contributed by atoms with E-state index in [9.17, 15) is 10.1 Å². The molecular formula is C11H11N3O3. The summed E-state index contributed by atoms with van der Waals surface area (Å²) in [6, 6.07) is 4.57. The van der Waals surface area contributed by atoms with Crippen LogP contribution >= 0.6 is 0 Å². The van der Waals surface area contributed by atoms with Gasteiger partial charge in [-0.05, 0) is 24.1 Å². The van der Waals surface area contributed by atoms with Crippen LogP contribution in [0.3, 0.4) is 0 Å². The third-order valence-electron chi connectivity index (χ3n) is 2.38. The molecule has 0 amide bonds. The minimum absolute atomic E-state index is 0.0698. The number of aromatic nitrogens is 2. The van der Waals surface area contributed by atoms with Gasteiger partial charge in [0.05, 0.1) is 17.7 Å². The molecule has 1 N–H and O–H groups in total. The van der Waals surface area contributed by atoms with Crippen LogP contribution in [0.4, 0.5) is 5.69 Å². The predicted octanol–water partition coefficient (Wildman–Crippen LogP) is 1.58.